The second-order valence-corrected chi connectivity index (χ2v) is 5.07. The van der Waals surface area contributed by atoms with Crippen LogP contribution in [0.25, 0.3) is 10.9 Å². The summed E-state index contributed by atoms with van der Waals surface area (Å²) in [7, 11) is 1.57. The largest absolute Gasteiger partial charge is 0.497 e. The van der Waals surface area contributed by atoms with Crippen molar-refractivity contribution in [1.29, 1.82) is 0 Å². The van der Waals surface area contributed by atoms with Crippen LogP contribution in [0, 0.1) is 11.6 Å². The van der Waals surface area contributed by atoms with Crippen LogP contribution in [0.4, 0.5) is 14.5 Å². The van der Waals surface area contributed by atoms with E-state index in [-0.39, 0.29) is 18.0 Å². The highest BCUT2D eigenvalue weighted by Crippen LogP contribution is 2.24. The number of H-pyrrole nitrogens is 1. The first kappa shape index (κ1) is 15.0. The number of carbonyl (C=O) groups is 1. The predicted molar refractivity (Wildman–Crippen MR) is 83.5 cm³/mol. The minimum absolute atomic E-state index is 0.0474. The van der Waals surface area contributed by atoms with Gasteiger partial charge in [-0.05, 0) is 35.9 Å². The van der Waals surface area contributed by atoms with Crippen molar-refractivity contribution < 1.29 is 18.3 Å². The number of fused-ring (bicyclic) bond motifs is 1. The van der Waals surface area contributed by atoms with Gasteiger partial charge in [0.2, 0.25) is 5.91 Å². The van der Waals surface area contributed by atoms with Crippen molar-refractivity contribution in [3.63, 3.8) is 0 Å². The van der Waals surface area contributed by atoms with Crippen LogP contribution in [0.1, 0.15) is 5.56 Å². The number of benzene rings is 2. The highest BCUT2D eigenvalue weighted by atomic mass is 19.1. The molecule has 2 N–H and O–H groups in total. The molecule has 0 atom stereocenters. The molecule has 0 radical (unpaired) electrons. The summed E-state index contributed by atoms with van der Waals surface area (Å²) < 4.78 is 31.6. The molecule has 118 valence electrons. The molecule has 23 heavy (non-hydrogen) atoms. The number of aromatic amines is 1. The lowest BCUT2D eigenvalue weighted by Crippen LogP contribution is -2.15. The molecule has 1 aromatic heterocycles. The third-order valence-corrected chi connectivity index (χ3v) is 3.53. The van der Waals surface area contributed by atoms with Gasteiger partial charge in [-0.2, -0.15) is 0 Å². The molecule has 0 fully saturated rings. The van der Waals surface area contributed by atoms with Gasteiger partial charge in [0, 0.05) is 23.2 Å². The van der Waals surface area contributed by atoms with Gasteiger partial charge in [-0.1, -0.05) is 0 Å². The number of ether oxygens (including phenoxy) is 1. The molecular weight excluding hydrogens is 302 g/mol. The average molecular weight is 316 g/mol. The molecule has 1 amide bonds. The standard InChI is InChI=1S/C17H14F2N2O2/c1-23-12-3-5-15-13(8-12)10(9-20-15)6-17(22)21-16-4-2-11(18)7-14(16)19/h2-5,7-9,20H,6H2,1H3,(H,21,22). The van der Waals surface area contributed by atoms with Crippen LogP contribution >= 0.6 is 0 Å². The van der Waals surface area contributed by atoms with Gasteiger partial charge < -0.3 is 15.0 Å². The first-order valence-corrected chi connectivity index (χ1v) is 6.95. The van der Waals surface area contributed by atoms with Crippen molar-refractivity contribution in [3.05, 3.63) is 59.8 Å². The number of methoxy groups -OCH3 is 1. The second-order valence-electron chi connectivity index (χ2n) is 5.07. The number of anilines is 1. The smallest absolute Gasteiger partial charge is 0.228 e. The average Bonchev–Trinajstić information content (AvgIpc) is 2.92. The fourth-order valence-electron chi connectivity index (χ4n) is 2.39. The van der Waals surface area contributed by atoms with Crippen molar-refractivity contribution in [1.82, 2.24) is 4.98 Å². The highest BCUT2D eigenvalue weighted by molar-refractivity contribution is 5.96. The van der Waals surface area contributed by atoms with E-state index in [0.29, 0.717) is 5.75 Å². The molecule has 0 saturated carbocycles. The minimum Gasteiger partial charge on any atom is -0.497 e. The van der Waals surface area contributed by atoms with Crippen molar-refractivity contribution in [2.24, 2.45) is 0 Å². The third-order valence-electron chi connectivity index (χ3n) is 3.53. The summed E-state index contributed by atoms with van der Waals surface area (Å²) in [5.41, 5.74) is 1.59. The molecule has 0 aliphatic heterocycles. The van der Waals surface area contributed by atoms with E-state index in [2.05, 4.69) is 10.3 Å². The molecule has 0 spiro atoms. The Labute approximate surface area is 131 Å². The third kappa shape index (κ3) is 3.15. The Balaban J connectivity index is 1.80. The van der Waals surface area contributed by atoms with E-state index in [1.807, 2.05) is 18.2 Å². The summed E-state index contributed by atoms with van der Waals surface area (Å²) in [4.78, 5) is 15.2. The van der Waals surface area contributed by atoms with Gasteiger partial charge in [0.25, 0.3) is 0 Å². The molecule has 2 aromatic carbocycles. The van der Waals surface area contributed by atoms with Crippen LogP contribution in [0.5, 0.6) is 5.75 Å². The van der Waals surface area contributed by atoms with Gasteiger partial charge in [0.15, 0.2) is 0 Å². The van der Waals surface area contributed by atoms with Crippen molar-refractivity contribution in [2.45, 2.75) is 6.42 Å². The van der Waals surface area contributed by atoms with Crippen molar-refractivity contribution in [2.75, 3.05) is 12.4 Å². The second kappa shape index (κ2) is 6.08. The Bertz CT molecular complexity index is 874. The minimum atomic E-state index is -0.807. The van der Waals surface area contributed by atoms with Crippen LogP contribution < -0.4 is 10.1 Å². The maximum absolute atomic E-state index is 13.6. The van der Waals surface area contributed by atoms with Crippen LogP contribution in [0.3, 0.4) is 0 Å². The van der Waals surface area contributed by atoms with Crippen molar-refractivity contribution >= 4 is 22.5 Å². The molecule has 0 bridgehead atoms. The molecular formula is C17H14F2N2O2. The molecule has 6 heteroatoms. The Morgan fingerprint density at radius 2 is 2.04 bits per heavy atom. The Morgan fingerprint density at radius 1 is 1.22 bits per heavy atom. The van der Waals surface area contributed by atoms with Gasteiger partial charge in [-0.3, -0.25) is 4.79 Å². The number of amides is 1. The van der Waals surface area contributed by atoms with E-state index in [9.17, 15) is 13.6 Å². The number of carbonyl (C=O) groups excluding carboxylic acids is 1. The summed E-state index contributed by atoms with van der Waals surface area (Å²) in [6, 6.07) is 8.51. The zero-order valence-electron chi connectivity index (χ0n) is 12.3. The van der Waals surface area contributed by atoms with E-state index in [1.54, 1.807) is 13.3 Å². The summed E-state index contributed by atoms with van der Waals surface area (Å²) in [6.07, 6.45) is 1.79. The fourth-order valence-corrected chi connectivity index (χ4v) is 2.39. The molecule has 1 heterocycles. The van der Waals surface area contributed by atoms with Crippen LogP contribution in [-0.2, 0) is 11.2 Å². The van der Waals surface area contributed by atoms with E-state index in [1.165, 1.54) is 6.07 Å². The van der Waals surface area contributed by atoms with Crippen LogP contribution in [-0.4, -0.2) is 18.0 Å². The predicted octanol–water partition coefficient (Wildman–Crippen LogP) is 3.64. The van der Waals surface area contributed by atoms with Gasteiger partial charge >= 0.3 is 0 Å². The monoisotopic (exact) mass is 316 g/mol. The van der Waals surface area contributed by atoms with E-state index in [0.717, 1.165) is 28.6 Å². The van der Waals surface area contributed by atoms with Crippen LogP contribution in [0.15, 0.2) is 42.6 Å². The Kier molecular flexibility index (Phi) is 3.97. The first-order chi connectivity index (χ1) is 11.1. The number of aromatic nitrogens is 1. The number of hydrogen-bond acceptors (Lipinski definition) is 2. The van der Waals surface area contributed by atoms with Crippen LogP contribution in [0.2, 0.25) is 0 Å². The lowest BCUT2D eigenvalue weighted by molar-refractivity contribution is -0.115. The normalized spacial score (nSPS) is 10.7. The molecule has 0 saturated heterocycles. The lowest BCUT2D eigenvalue weighted by Gasteiger charge is -2.06. The zero-order chi connectivity index (χ0) is 16.4. The molecule has 3 aromatic rings. The van der Waals surface area contributed by atoms with Gasteiger partial charge in [0.1, 0.15) is 17.4 Å². The number of halogens is 2. The van der Waals surface area contributed by atoms with Crippen molar-refractivity contribution in [3.8, 4) is 5.75 Å². The molecule has 4 nitrogen and oxygen atoms in total. The summed E-state index contributed by atoms with van der Waals surface area (Å²) in [5, 5.41) is 3.30. The summed E-state index contributed by atoms with van der Waals surface area (Å²) in [6.45, 7) is 0. The number of hydrogen-bond donors (Lipinski definition) is 2. The molecule has 0 aliphatic rings. The van der Waals surface area contributed by atoms with Gasteiger partial charge in [-0.25, -0.2) is 8.78 Å². The van der Waals surface area contributed by atoms with Gasteiger partial charge in [-0.15, -0.1) is 0 Å². The van der Waals surface area contributed by atoms with Gasteiger partial charge in [0.05, 0.1) is 19.2 Å². The van der Waals surface area contributed by atoms with E-state index in [4.69, 9.17) is 4.74 Å². The first-order valence-electron chi connectivity index (χ1n) is 6.95. The zero-order valence-corrected chi connectivity index (χ0v) is 12.3. The number of rotatable bonds is 4. The quantitative estimate of drug-likeness (QED) is 0.772. The Morgan fingerprint density at radius 3 is 2.78 bits per heavy atom. The SMILES string of the molecule is COc1ccc2[nH]cc(CC(=O)Nc3ccc(F)cc3F)c2c1. The molecule has 0 aliphatic carbocycles. The molecule has 3 rings (SSSR count). The van der Waals surface area contributed by atoms with E-state index < -0.39 is 11.6 Å². The molecule has 0 unspecified atom stereocenters. The Hall–Kier alpha value is -2.89. The summed E-state index contributed by atoms with van der Waals surface area (Å²) >= 11 is 0. The van der Waals surface area contributed by atoms with E-state index >= 15 is 0 Å². The maximum atomic E-state index is 13.6. The number of nitrogens with one attached hydrogen (secondary N) is 2. The summed E-state index contributed by atoms with van der Waals surface area (Å²) in [5.74, 6) is -1.20. The topological polar surface area (TPSA) is 54.1 Å². The maximum Gasteiger partial charge on any atom is 0.228 e. The highest BCUT2D eigenvalue weighted by Gasteiger charge is 2.12. The fraction of sp³-hybridized carbons (Fsp3) is 0.118. The lowest BCUT2D eigenvalue weighted by atomic mass is 10.1.